The molecule has 0 atom stereocenters. The standard InChI is InChI=1S/C18H18/c1-2-3-4-6-9-16-12-14-18(15-13-16)17-10-7-5-8-11-17/h2-8,10-15H,9H2,1H3. The number of hydrogen-bond donors (Lipinski definition) is 0. The van der Waals surface area contributed by atoms with Crippen LogP contribution in [0.4, 0.5) is 0 Å². The van der Waals surface area contributed by atoms with Crippen LogP contribution in [0.1, 0.15) is 12.5 Å². The highest BCUT2D eigenvalue weighted by molar-refractivity contribution is 5.63. The zero-order chi connectivity index (χ0) is 12.6. The molecule has 2 aromatic rings. The Morgan fingerprint density at radius 2 is 1.44 bits per heavy atom. The number of allylic oxidation sites excluding steroid dienone is 4. The summed E-state index contributed by atoms with van der Waals surface area (Å²) in [6.45, 7) is 2.03. The molecule has 2 aromatic carbocycles. The van der Waals surface area contributed by atoms with Gasteiger partial charge < -0.3 is 0 Å². The molecule has 18 heavy (non-hydrogen) atoms. The van der Waals surface area contributed by atoms with Crippen molar-refractivity contribution in [2.45, 2.75) is 13.3 Å². The molecule has 0 aliphatic heterocycles. The molecule has 0 aliphatic rings. The Morgan fingerprint density at radius 3 is 2.11 bits per heavy atom. The van der Waals surface area contributed by atoms with Crippen LogP contribution in [0.3, 0.4) is 0 Å². The molecule has 0 bridgehead atoms. The number of rotatable bonds is 4. The van der Waals surface area contributed by atoms with Gasteiger partial charge >= 0.3 is 0 Å². The second-order valence-corrected chi connectivity index (χ2v) is 4.22. The van der Waals surface area contributed by atoms with Gasteiger partial charge in [-0.1, -0.05) is 78.9 Å². The molecular formula is C18H18. The van der Waals surface area contributed by atoms with Gasteiger partial charge in [0.05, 0.1) is 0 Å². The van der Waals surface area contributed by atoms with Crippen molar-refractivity contribution in [1.82, 2.24) is 0 Å². The summed E-state index contributed by atoms with van der Waals surface area (Å²) in [7, 11) is 0. The van der Waals surface area contributed by atoms with Gasteiger partial charge in [-0.2, -0.15) is 0 Å². The van der Waals surface area contributed by atoms with Gasteiger partial charge in [-0.05, 0) is 30.0 Å². The molecule has 0 radical (unpaired) electrons. The zero-order valence-corrected chi connectivity index (χ0v) is 10.7. The monoisotopic (exact) mass is 234 g/mol. The van der Waals surface area contributed by atoms with Crippen molar-refractivity contribution >= 4 is 0 Å². The third kappa shape index (κ3) is 3.46. The summed E-state index contributed by atoms with van der Waals surface area (Å²) in [5.41, 5.74) is 3.89. The van der Waals surface area contributed by atoms with E-state index in [1.54, 1.807) is 0 Å². The molecule has 0 aliphatic carbocycles. The molecule has 0 heteroatoms. The Labute approximate surface area is 109 Å². The number of hydrogen-bond acceptors (Lipinski definition) is 0. The van der Waals surface area contributed by atoms with E-state index in [0.717, 1.165) is 6.42 Å². The molecule has 0 nitrogen and oxygen atoms in total. The second kappa shape index (κ2) is 6.61. The molecule has 0 heterocycles. The molecule has 0 unspecified atom stereocenters. The summed E-state index contributed by atoms with van der Waals surface area (Å²) in [4.78, 5) is 0. The third-order valence-electron chi connectivity index (χ3n) is 2.85. The second-order valence-electron chi connectivity index (χ2n) is 4.22. The van der Waals surface area contributed by atoms with E-state index >= 15 is 0 Å². The quantitative estimate of drug-likeness (QED) is 0.651. The van der Waals surface area contributed by atoms with Crippen LogP contribution in [0.15, 0.2) is 78.9 Å². The fourth-order valence-electron chi connectivity index (χ4n) is 1.86. The normalized spacial score (nSPS) is 11.4. The topological polar surface area (TPSA) is 0 Å². The van der Waals surface area contributed by atoms with Crippen LogP contribution in [-0.4, -0.2) is 0 Å². The van der Waals surface area contributed by atoms with E-state index in [1.165, 1.54) is 16.7 Å². The summed E-state index contributed by atoms with van der Waals surface area (Å²) < 4.78 is 0. The highest BCUT2D eigenvalue weighted by atomic mass is 14.0. The SMILES string of the molecule is CC=CC=CCc1ccc(-c2ccccc2)cc1. The van der Waals surface area contributed by atoms with Gasteiger partial charge in [-0.15, -0.1) is 0 Å². The fraction of sp³-hybridized carbons (Fsp3) is 0.111. The lowest BCUT2D eigenvalue weighted by molar-refractivity contribution is 1.27. The summed E-state index contributed by atoms with van der Waals surface area (Å²) in [6.07, 6.45) is 9.34. The Morgan fingerprint density at radius 1 is 0.778 bits per heavy atom. The lowest BCUT2D eigenvalue weighted by Crippen LogP contribution is -1.82. The van der Waals surface area contributed by atoms with Crippen molar-refractivity contribution in [3.8, 4) is 11.1 Å². The van der Waals surface area contributed by atoms with Gasteiger partial charge in [0.15, 0.2) is 0 Å². The molecule has 0 saturated heterocycles. The molecule has 90 valence electrons. The third-order valence-corrected chi connectivity index (χ3v) is 2.85. The first-order valence-corrected chi connectivity index (χ1v) is 6.32. The van der Waals surface area contributed by atoms with Crippen molar-refractivity contribution in [3.63, 3.8) is 0 Å². The van der Waals surface area contributed by atoms with Crippen molar-refractivity contribution in [3.05, 3.63) is 84.5 Å². The van der Waals surface area contributed by atoms with Gasteiger partial charge in [0.1, 0.15) is 0 Å². The average Bonchev–Trinajstić information content (AvgIpc) is 2.45. The highest BCUT2D eigenvalue weighted by Crippen LogP contribution is 2.19. The lowest BCUT2D eigenvalue weighted by Gasteiger charge is -2.02. The van der Waals surface area contributed by atoms with E-state index in [9.17, 15) is 0 Å². The van der Waals surface area contributed by atoms with Crippen LogP contribution in [0.5, 0.6) is 0 Å². The summed E-state index contributed by atoms with van der Waals surface area (Å²) in [6, 6.07) is 19.2. The lowest BCUT2D eigenvalue weighted by atomic mass is 10.0. The highest BCUT2D eigenvalue weighted by Gasteiger charge is 1.96. The summed E-state index contributed by atoms with van der Waals surface area (Å²) in [5.74, 6) is 0. The maximum absolute atomic E-state index is 2.20. The first kappa shape index (κ1) is 12.4. The van der Waals surface area contributed by atoms with E-state index < -0.39 is 0 Å². The molecule has 0 spiro atoms. The predicted molar refractivity (Wildman–Crippen MR) is 79.5 cm³/mol. The average molecular weight is 234 g/mol. The Hall–Kier alpha value is -2.08. The van der Waals surface area contributed by atoms with Crippen LogP contribution >= 0.6 is 0 Å². The zero-order valence-electron chi connectivity index (χ0n) is 10.7. The smallest absolute Gasteiger partial charge is 0.00943 e. The first-order chi connectivity index (χ1) is 8.90. The molecule has 0 amide bonds. The van der Waals surface area contributed by atoms with E-state index in [2.05, 4.69) is 66.8 Å². The van der Waals surface area contributed by atoms with Gasteiger partial charge in [0, 0.05) is 0 Å². The maximum atomic E-state index is 2.20. The molecular weight excluding hydrogens is 216 g/mol. The molecule has 2 rings (SSSR count). The largest absolute Gasteiger partial charge is 0.0877 e. The van der Waals surface area contributed by atoms with Crippen LogP contribution in [0.25, 0.3) is 11.1 Å². The Balaban J connectivity index is 2.06. The van der Waals surface area contributed by atoms with Crippen molar-refractivity contribution < 1.29 is 0 Å². The number of benzene rings is 2. The fourth-order valence-corrected chi connectivity index (χ4v) is 1.86. The van der Waals surface area contributed by atoms with Crippen LogP contribution in [-0.2, 0) is 6.42 Å². The summed E-state index contributed by atoms with van der Waals surface area (Å²) >= 11 is 0. The molecule has 0 fully saturated rings. The van der Waals surface area contributed by atoms with E-state index in [4.69, 9.17) is 0 Å². The van der Waals surface area contributed by atoms with E-state index in [0.29, 0.717) is 0 Å². The van der Waals surface area contributed by atoms with Crippen LogP contribution < -0.4 is 0 Å². The van der Waals surface area contributed by atoms with Gasteiger partial charge in [-0.3, -0.25) is 0 Å². The minimum absolute atomic E-state index is 0.986. The van der Waals surface area contributed by atoms with Crippen molar-refractivity contribution in [2.75, 3.05) is 0 Å². The van der Waals surface area contributed by atoms with Gasteiger partial charge in [0.25, 0.3) is 0 Å². The predicted octanol–water partition coefficient (Wildman–Crippen LogP) is 5.03. The molecule has 0 saturated carbocycles. The van der Waals surface area contributed by atoms with E-state index in [1.807, 2.05) is 19.1 Å². The van der Waals surface area contributed by atoms with Crippen molar-refractivity contribution in [2.24, 2.45) is 0 Å². The van der Waals surface area contributed by atoms with Gasteiger partial charge in [0.2, 0.25) is 0 Å². The Bertz CT molecular complexity index is 516. The van der Waals surface area contributed by atoms with Crippen LogP contribution in [0, 0.1) is 0 Å². The Kier molecular flexibility index (Phi) is 4.54. The van der Waals surface area contributed by atoms with Crippen LogP contribution in [0.2, 0.25) is 0 Å². The van der Waals surface area contributed by atoms with Crippen molar-refractivity contribution in [1.29, 1.82) is 0 Å². The first-order valence-electron chi connectivity index (χ1n) is 6.32. The van der Waals surface area contributed by atoms with E-state index in [-0.39, 0.29) is 0 Å². The minimum atomic E-state index is 0.986. The maximum Gasteiger partial charge on any atom is -0.00943 e. The molecule has 0 aromatic heterocycles. The summed E-state index contributed by atoms with van der Waals surface area (Å²) in [5, 5.41) is 0. The molecule has 0 N–H and O–H groups in total. The van der Waals surface area contributed by atoms with Gasteiger partial charge in [-0.25, -0.2) is 0 Å². The minimum Gasteiger partial charge on any atom is -0.0877 e.